The number of hydrogen-bond donors (Lipinski definition) is 1. The van der Waals surface area contributed by atoms with E-state index in [-0.39, 0.29) is 5.41 Å². The minimum Gasteiger partial charge on any atom is -0.378 e. The third-order valence-electron chi connectivity index (χ3n) is 3.46. The molecule has 0 aromatic heterocycles. The van der Waals surface area contributed by atoms with E-state index in [2.05, 4.69) is 13.8 Å². The molecular formula is C13H27NO. The van der Waals surface area contributed by atoms with Crippen molar-refractivity contribution in [1.29, 1.82) is 0 Å². The zero-order valence-electron chi connectivity index (χ0n) is 10.4. The SMILES string of the molecule is CC(C)(CN)CCCOC1CCCCC1. The summed E-state index contributed by atoms with van der Waals surface area (Å²) in [5.74, 6) is 0. The maximum absolute atomic E-state index is 5.88. The average Bonchev–Trinajstić information content (AvgIpc) is 2.26. The predicted molar refractivity (Wildman–Crippen MR) is 64.9 cm³/mol. The fourth-order valence-corrected chi connectivity index (χ4v) is 2.13. The summed E-state index contributed by atoms with van der Waals surface area (Å²) >= 11 is 0. The van der Waals surface area contributed by atoms with Crippen LogP contribution in [0.3, 0.4) is 0 Å². The van der Waals surface area contributed by atoms with Gasteiger partial charge in [-0.3, -0.25) is 0 Å². The highest BCUT2D eigenvalue weighted by atomic mass is 16.5. The lowest BCUT2D eigenvalue weighted by Crippen LogP contribution is -2.24. The van der Waals surface area contributed by atoms with Crippen LogP contribution in [-0.2, 0) is 4.74 Å². The van der Waals surface area contributed by atoms with Crippen molar-refractivity contribution in [3.05, 3.63) is 0 Å². The third kappa shape index (κ3) is 5.53. The number of rotatable bonds is 6. The van der Waals surface area contributed by atoms with E-state index in [1.165, 1.54) is 38.5 Å². The lowest BCUT2D eigenvalue weighted by molar-refractivity contribution is 0.0231. The van der Waals surface area contributed by atoms with Crippen molar-refractivity contribution in [2.75, 3.05) is 13.2 Å². The van der Waals surface area contributed by atoms with Crippen molar-refractivity contribution < 1.29 is 4.74 Å². The zero-order chi connectivity index (χ0) is 11.1. The molecule has 2 nitrogen and oxygen atoms in total. The molecule has 0 aliphatic heterocycles. The van der Waals surface area contributed by atoms with Crippen LogP contribution >= 0.6 is 0 Å². The molecule has 1 rings (SSSR count). The van der Waals surface area contributed by atoms with Crippen LogP contribution in [0.15, 0.2) is 0 Å². The zero-order valence-corrected chi connectivity index (χ0v) is 10.4. The first-order valence-corrected chi connectivity index (χ1v) is 6.46. The Morgan fingerprint density at radius 3 is 2.47 bits per heavy atom. The minimum atomic E-state index is 0.288. The van der Waals surface area contributed by atoms with Crippen LogP contribution in [0, 0.1) is 5.41 Å². The van der Waals surface area contributed by atoms with E-state index in [1.54, 1.807) is 0 Å². The highest BCUT2D eigenvalue weighted by Crippen LogP contribution is 2.23. The third-order valence-corrected chi connectivity index (χ3v) is 3.46. The summed E-state index contributed by atoms with van der Waals surface area (Å²) < 4.78 is 5.88. The Hall–Kier alpha value is -0.0800. The van der Waals surface area contributed by atoms with E-state index in [1.807, 2.05) is 0 Å². The van der Waals surface area contributed by atoms with E-state index in [9.17, 15) is 0 Å². The quantitative estimate of drug-likeness (QED) is 0.688. The van der Waals surface area contributed by atoms with Crippen molar-refractivity contribution in [1.82, 2.24) is 0 Å². The summed E-state index contributed by atoms with van der Waals surface area (Å²) in [7, 11) is 0. The van der Waals surface area contributed by atoms with Crippen molar-refractivity contribution in [2.24, 2.45) is 11.1 Å². The van der Waals surface area contributed by atoms with Crippen LogP contribution in [0.5, 0.6) is 0 Å². The maximum Gasteiger partial charge on any atom is 0.0575 e. The molecule has 1 saturated carbocycles. The highest BCUT2D eigenvalue weighted by Gasteiger charge is 2.16. The second-order valence-corrected chi connectivity index (χ2v) is 5.60. The van der Waals surface area contributed by atoms with Gasteiger partial charge in [-0.25, -0.2) is 0 Å². The molecule has 0 saturated heterocycles. The molecule has 0 amide bonds. The van der Waals surface area contributed by atoms with Gasteiger partial charge in [0.05, 0.1) is 6.10 Å². The molecule has 1 aliphatic rings. The van der Waals surface area contributed by atoms with E-state index in [4.69, 9.17) is 10.5 Å². The van der Waals surface area contributed by atoms with Gasteiger partial charge in [0, 0.05) is 6.61 Å². The Morgan fingerprint density at radius 1 is 1.20 bits per heavy atom. The van der Waals surface area contributed by atoms with Crippen molar-refractivity contribution in [3.8, 4) is 0 Å². The molecule has 15 heavy (non-hydrogen) atoms. The predicted octanol–water partition coefficient (Wildman–Crippen LogP) is 3.10. The molecule has 0 bridgehead atoms. The van der Waals surface area contributed by atoms with Crippen LogP contribution in [-0.4, -0.2) is 19.3 Å². The molecule has 0 unspecified atom stereocenters. The van der Waals surface area contributed by atoms with Crippen LogP contribution < -0.4 is 5.73 Å². The number of hydrogen-bond acceptors (Lipinski definition) is 2. The first-order valence-electron chi connectivity index (χ1n) is 6.46. The van der Waals surface area contributed by atoms with Crippen LogP contribution in [0.2, 0.25) is 0 Å². The van der Waals surface area contributed by atoms with Gasteiger partial charge in [0.25, 0.3) is 0 Å². The molecule has 2 heteroatoms. The number of ether oxygens (including phenoxy) is 1. The lowest BCUT2D eigenvalue weighted by Gasteiger charge is -2.24. The molecule has 2 N–H and O–H groups in total. The lowest BCUT2D eigenvalue weighted by atomic mass is 9.88. The molecular weight excluding hydrogens is 186 g/mol. The monoisotopic (exact) mass is 213 g/mol. The molecule has 0 radical (unpaired) electrons. The Morgan fingerprint density at radius 2 is 1.87 bits per heavy atom. The van der Waals surface area contributed by atoms with Gasteiger partial charge in [0.15, 0.2) is 0 Å². The Balaban J connectivity index is 2.00. The number of nitrogens with two attached hydrogens (primary N) is 1. The molecule has 0 heterocycles. The van der Waals surface area contributed by atoms with Gasteiger partial charge in [0.2, 0.25) is 0 Å². The molecule has 0 aromatic rings. The maximum atomic E-state index is 5.88. The van der Waals surface area contributed by atoms with Crippen LogP contribution in [0.4, 0.5) is 0 Å². The van der Waals surface area contributed by atoms with Gasteiger partial charge in [0.1, 0.15) is 0 Å². The molecule has 0 spiro atoms. The van der Waals surface area contributed by atoms with E-state index in [0.717, 1.165) is 19.6 Å². The topological polar surface area (TPSA) is 35.2 Å². The summed E-state index contributed by atoms with van der Waals surface area (Å²) in [5.41, 5.74) is 5.98. The molecule has 1 aliphatic carbocycles. The first kappa shape index (κ1) is 13.0. The van der Waals surface area contributed by atoms with Gasteiger partial charge in [-0.05, 0) is 37.6 Å². The largest absolute Gasteiger partial charge is 0.378 e. The molecule has 1 fully saturated rings. The summed E-state index contributed by atoms with van der Waals surface area (Å²) in [6.07, 6.45) is 9.56. The van der Waals surface area contributed by atoms with Crippen LogP contribution in [0.1, 0.15) is 58.8 Å². The normalized spacial score (nSPS) is 19.4. The van der Waals surface area contributed by atoms with Crippen LogP contribution in [0.25, 0.3) is 0 Å². The molecule has 0 aromatic carbocycles. The minimum absolute atomic E-state index is 0.288. The standard InChI is InChI=1S/C13H27NO/c1-13(2,11-14)9-6-10-15-12-7-4-3-5-8-12/h12H,3-11,14H2,1-2H3. The first-order chi connectivity index (χ1) is 7.14. The van der Waals surface area contributed by atoms with E-state index >= 15 is 0 Å². The van der Waals surface area contributed by atoms with Gasteiger partial charge in [-0.1, -0.05) is 33.1 Å². The summed E-state index contributed by atoms with van der Waals surface area (Å²) in [5, 5.41) is 0. The highest BCUT2D eigenvalue weighted by molar-refractivity contribution is 4.69. The van der Waals surface area contributed by atoms with Crippen molar-refractivity contribution in [3.63, 3.8) is 0 Å². The second kappa shape index (κ2) is 6.49. The van der Waals surface area contributed by atoms with Gasteiger partial charge in [-0.2, -0.15) is 0 Å². The van der Waals surface area contributed by atoms with Gasteiger partial charge < -0.3 is 10.5 Å². The van der Waals surface area contributed by atoms with Gasteiger partial charge in [-0.15, -0.1) is 0 Å². The van der Waals surface area contributed by atoms with Crippen molar-refractivity contribution >= 4 is 0 Å². The fourth-order valence-electron chi connectivity index (χ4n) is 2.13. The summed E-state index contributed by atoms with van der Waals surface area (Å²) in [6, 6.07) is 0. The van der Waals surface area contributed by atoms with Gasteiger partial charge >= 0.3 is 0 Å². The Kier molecular flexibility index (Phi) is 5.62. The summed E-state index contributed by atoms with van der Waals surface area (Å²) in [6.45, 7) is 6.16. The Bertz CT molecular complexity index is 162. The van der Waals surface area contributed by atoms with E-state index < -0.39 is 0 Å². The molecule has 0 atom stereocenters. The Labute approximate surface area is 94.6 Å². The summed E-state index contributed by atoms with van der Waals surface area (Å²) in [4.78, 5) is 0. The molecule has 90 valence electrons. The van der Waals surface area contributed by atoms with Crippen molar-refractivity contribution in [2.45, 2.75) is 64.9 Å². The van der Waals surface area contributed by atoms with E-state index in [0.29, 0.717) is 6.10 Å². The smallest absolute Gasteiger partial charge is 0.0575 e. The fraction of sp³-hybridized carbons (Fsp3) is 1.00. The average molecular weight is 213 g/mol. The second-order valence-electron chi connectivity index (χ2n) is 5.60.